The van der Waals surface area contributed by atoms with E-state index in [9.17, 15) is 13.2 Å². The molecule has 2 aromatic heterocycles. The summed E-state index contributed by atoms with van der Waals surface area (Å²) in [7, 11) is 0. The zero-order chi connectivity index (χ0) is 17.4. The van der Waals surface area contributed by atoms with Crippen LogP contribution in [-0.2, 0) is 19.3 Å². The molecule has 4 rings (SSSR count). The number of nitrogens with zero attached hydrogens (tertiary/aromatic N) is 5. The molecular formula is C17H14F3N5. The zero-order valence-corrected chi connectivity index (χ0v) is 13.1. The van der Waals surface area contributed by atoms with Crippen molar-refractivity contribution >= 4 is 5.82 Å². The fourth-order valence-corrected chi connectivity index (χ4v) is 2.89. The van der Waals surface area contributed by atoms with Crippen LogP contribution in [0.4, 0.5) is 19.0 Å². The standard InChI is InChI=1S/C17H14F3N5/c18-17(19,20)13-6-7-14(21-10-13)24-8-9-25-15(11-24)22-23-16(25)12-4-2-1-3-5-12/h1-7,10H,8-9,11H2. The summed E-state index contributed by atoms with van der Waals surface area (Å²) in [5.41, 5.74) is 0.241. The molecule has 8 heteroatoms. The molecule has 0 N–H and O–H groups in total. The lowest BCUT2D eigenvalue weighted by molar-refractivity contribution is -0.137. The number of benzene rings is 1. The maximum absolute atomic E-state index is 12.6. The summed E-state index contributed by atoms with van der Waals surface area (Å²) in [6.07, 6.45) is -3.51. The van der Waals surface area contributed by atoms with Gasteiger partial charge in [-0.05, 0) is 12.1 Å². The van der Waals surface area contributed by atoms with Crippen LogP contribution in [0.3, 0.4) is 0 Å². The first kappa shape index (κ1) is 15.6. The molecule has 1 aliphatic rings. The molecule has 0 saturated heterocycles. The minimum atomic E-state index is -4.38. The Morgan fingerprint density at radius 3 is 2.40 bits per heavy atom. The molecule has 0 aliphatic carbocycles. The number of alkyl halides is 3. The van der Waals surface area contributed by atoms with E-state index in [0.717, 1.165) is 29.5 Å². The topological polar surface area (TPSA) is 46.8 Å². The number of anilines is 1. The van der Waals surface area contributed by atoms with Gasteiger partial charge in [0, 0.05) is 24.8 Å². The van der Waals surface area contributed by atoms with Gasteiger partial charge >= 0.3 is 6.18 Å². The fraction of sp³-hybridized carbons (Fsp3) is 0.235. The highest BCUT2D eigenvalue weighted by Crippen LogP contribution is 2.30. The molecule has 1 aromatic carbocycles. The van der Waals surface area contributed by atoms with Crippen molar-refractivity contribution < 1.29 is 13.2 Å². The Bertz CT molecular complexity index is 872. The molecule has 25 heavy (non-hydrogen) atoms. The zero-order valence-electron chi connectivity index (χ0n) is 13.1. The first-order chi connectivity index (χ1) is 12.0. The van der Waals surface area contributed by atoms with Crippen molar-refractivity contribution in [1.82, 2.24) is 19.7 Å². The molecule has 0 amide bonds. The van der Waals surface area contributed by atoms with Crippen molar-refractivity contribution in [3.63, 3.8) is 0 Å². The fourth-order valence-electron chi connectivity index (χ4n) is 2.89. The number of aromatic nitrogens is 4. The maximum atomic E-state index is 12.6. The molecule has 0 unspecified atom stereocenters. The van der Waals surface area contributed by atoms with Gasteiger partial charge in [0.15, 0.2) is 11.6 Å². The molecule has 0 radical (unpaired) electrons. The molecule has 0 spiro atoms. The lowest BCUT2D eigenvalue weighted by Gasteiger charge is -2.28. The van der Waals surface area contributed by atoms with Crippen LogP contribution in [0.2, 0.25) is 0 Å². The number of fused-ring (bicyclic) bond motifs is 1. The van der Waals surface area contributed by atoms with Crippen LogP contribution in [0.25, 0.3) is 11.4 Å². The first-order valence-electron chi connectivity index (χ1n) is 7.78. The highest BCUT2D eigenvalue weighted by Gasteiger charge is 2.31. The van der Waals surface area contributed by atoms with Gasteiger partial charge in [-0.25, -0.2) is 4.98 Å². The molecule has 128 valence electrons. The Morgan fingerprint density at radius 1 is 0.920 bits per heavy atom. The summed E-state index contributed by atoms with van der Waals surface area (Å²) >= 11 is 0. The number of hydrogen-bond acceptors (Lipinski definition) is 4. The lowest BCUT2D eigenvalue weighted by Crippen LogP contribution is -2.34. The van der Waals surface area contributed by atoms with Gasteiger partial charge in [-0.2, -0.15) is 13.2 Å². The Labute approximate surface area is 141 Å². The third kappa shape index (κ3) is 2.95. The van der Waals surface area contributed by atoms with E-state index in [1.54, 1.807) is 0 Å². The van der Waals surface area contributed by atoms with E-state index < -0.39 is 11.7 Å². The quantitative estimate of drug-likeness (QED) is 0.714. The highest BCUT2D eigenvalue weighted by molar-refractivity contribution is 5.55. The lowest BCUT2D eigenvalue weighted by atomic mass is 10.2. The van der Waals surface area contributed by atoms with Crippen molar-refractivity contribution in [1.29, 1.82) is 0 Å². The highest BCUT2D eigenvalue weighted by atomic mass is 19.4. The van der Waals surface area contributed by atoms with Gasteiger partial charge in [0.05, 0.1) is 12.1 Å². The van der Waals surface area contributed by atoms with Crippen LogP contribution >= 0.6 is 0 Å². The smallest absolute Gasteiger partial charge is 0.347 e. The molecular weight excluding hydrogens is 331 g/mol. The largest absolute Gasteiger partial charge is 0.417 e. The minimum Gasteiger partial charge on any atom is -0.347 e. The second kappa shape index (κ2) is 5.87. The van der Waals surface area contributed by atoms with E-state index in [-0.39, 0.29) is 0 Å². The summed E-state index contributed by atoms with van der Waals surface area (Å²) in [5, 5.41) is 8.49. The summed E-state index contributed by atoms with van der Waals surface area (Å²) < 4.78 is 40.0. The molecule has 0 atom stereocenters. The number of hydrogen-bond donors (Lipinski definition) is 0. The molecule has 0 fully saturated rings. The van der Waals surface area contributed by atoms with Gasteiger partial charge < -0.3 is 9.47 Å². The van der Waals surface area contributed by atoms with E-state index >= 15 is 0 Å². The van der Waals surface area contributed by atoms with E-state index in [1.807, 2.05) is 39.8 Å². The number of rotatable bonds is 2. The van der Waals surface area contributed by atoms with Gasteiger partial charge in [-0.3, -0.25) is 0 Å². The number of halogens is 3. The summed E-state index contributed by atoms with van der Waals surface area (Å²) in [6.45, 7) is 1.73. The second-order valence-electron chi connectivity index (χ2n) is 5.78. The normalized spacial score (nSPS) is 14.4. The maximum Gasteiger partial charge on any atom is 0.417 e. The summed E-state index contributed by atoms with van der Waals surface area (Å²) in [4.78, 5) is 5.86. The van der Waals surface area contributed by atoms with E-state index in [0.29, 0.717) is 25.5 Å². The average Bonchev–Trinajstić information content (AvgIpc) is 3.05. The molecule has 1 aliphatic heterocycles. The van der Waals surface area contributed by atoms with Gasteiger partial charge in [-0.15, -0.1) is 10.2 Å². The van der Waals surface area contributed by atoms with Crippen LogP contribution < -0.4 is 4.90 Å². The van der Waals surface area contributed by atoms with Gasteiger partial charge in [-0.1, -0.05) is 30.3 Å². The van der Waals surface area contributed by atoms with Gasteiger partial charge in [0.2, 0.25) is 0 Å². The van der Waals surface area contributed by atoms with Crippen LogP contribution in [-0.4, -0.2) is 26.3 Å². The van der Waals surface area contributed by atoms with E-state index in [1.165, 1.54) is 6.07 Å². The SMILES string of the molecule is FC(F)(F)c1ccc(N2CCn3c(nnc3-c3ccccc3)C2)nc1. The van der Waals surface area contributed by atoms with E-state index in [4.69, 9.17) is 0 Å². The minimum absolute atomic E-state index is 0.457. The first-order valence-corrected chi connectivity index (χ1v) is 7.78. The number of pyridine rings is 1. The van der Waals surface area contributed by atoms with Crippen molar-refractivity contribution in [3.05, 3.63) is 60.0 Å². The molecule has 3 heterocycles. The van der Waals surface area contributed by atoms with Crippen molar-refractivity contribution in [3.8, 4) is 11.4 Å². The summed E-state index contributed by atoms with van der Waals surface area (Å²) in [5.74, 6) is 2.07. The average molecular weight is 345 g/mol. The van der Waals surface area contributed by atoms with Gasteiger partial charge in [0.1, 0.15) is 5.82 Å². The third-order valence-electron chi connectivity index (χ3n) is 4.18. The Kier molecular flexibility index (Phi) is 3.67. The predicted molar refractivity (Wildman–Crippen MR) is 85.7 cm³/mol. The molecule has 0 bridgehead atoms. The van der Waals surface area contributed by atoms with Crippen LogP contribution in [0.1, 0.15) is 11.4 Å². The third-order valence-corrected chi connectivity index (χ3v) is 4.18. The Hall–Kier alpha value is -2.90. The summed E-state index contributed by atoms with van der Waals surface area (Å²) in [6, 6.07) is 12.2. The second-order valence-corrected chi connectivity index (χ2v) is 5.78. The van der Waals surface area contributed by atoms with Crippen LogP contribution in [0.5, 0.6) is 0 Å². The van der Waals surface area contributed by atoms with Crippen molar-refractivity contribution in [2.45, 2.75) is 19.3 Å². The van der Waals surface area contributed by atoms with Crippen molar-refractivity contribution in [2.24, 2.45) is 0 Å². The van der Waals surface area contributed by atoms with Crippen molar-refractivity contribution in [2.75, 3.05) is 11.4 Å². The Balaban J connectivity index is 1.57. The monoisotopic (exact) mass is 345 g/mol. The molecule has 5 nitrogen and oxygen atoms in total. The van der Waals surface area contributed by atoms with E-state index in [2.05, 4.69) is 15.2 Å². The Morgan fingerprint density at radius 2 is 1.72 bits per heavy atom. The molecule has 0 saturated carbocycles. The molecule has 3 aromatic rings. The van der Waals surface area contributed by atoms with Gasteiger partial charge in [0.25, 0.3) is 0 Å². The van der Waals surface area contributed by atoms with Crippen LogP contribution in [0.15, 0.2) is 48.7 Å². The predicted octanol–water partition coefficient (Wildman–Crippen LogP) is 3.38. The van der Waals surface area contributed by atoms with Crippen LogP contribution in [0, 0.1) is 0 Å².